The van der Waals surface area contributed by atoms with Gasteiger partial charge in [0, 0.05) is 55.1 Å². The molecule has 192 valence electrons. The van der Waals surface area contributed by atoms with Gasteiger partial charge >= 0.3 is 0 Å². The molecule has 8 nitrogen and oxygen atoms in total. The lowest BCUT2D eigenvalue weighted by Gasteiger charge is -2.37. The van der Waals surface area contributed by atoms with Gasteiger partial charge in [0.15, 0.2) is 0 Å². The highest BCUT2D eigenvalue weighted by Crippen LogP contribution is 2.37. The second-order valence-electron chi connectivity index (χ2n) is 9.32. The van der Waals surface area contributed by atoms with Gasteiger partial charge in [0.2, 0.25) is 10.0 Å². The van der Waals surface area contributed by atoms with E-state index in [0.29, 0.717) is 24.2 Å². The molecule has 0 radical (unpaired) electrons. The Morgan fingerprint density at radius 1 is 1.22 bits per heavy atom. The number of rotatable bonds is 7. The minimum atomic E-state index is -3.97. The predicted octanol–water partition coefficient (Wildman–Crippen LogP) is 3.18. The zero-order chi connectivity index (χ0) is 25.9. The Balaban J connectivity index is 1.74. The van der Waals surface area contributed by atoms with Gasteiger partial charge < -0.3 is 9.84 Å². The number of sulfonamides is 1. The van der Waals surface area contributed by atoms with E-state index < -0.39 is 21.9 Å². The van der Waals surface area contributed by atoms with E-state index in [4.69, 9.17) is 4.74 Å². The molecule has 36 heavy (non-hydrogen) atoms. The minimum absolute atomic E-state index is 0.00102. The fourth-order valence-corrected chi connectivity index (χ4v) is 6.23. The van der Waals surface area contributed by atoms with Crippen molar-refractivity contribution in [3.63, 3.8) is 0 Å². The molecule has 3 aromatic rings. The number of ether oxygens (including phenoxy) is 1. The summed E-state index contributed by atoms with van der Waals surface area (Å²) in [4.78, 5) is 10.2. The van der Waals surface area contributed by atoms with Gasteiger partial charge in [0.25, 0.3) is 0 Å². The number of halogens is 1. The molecule has 0 saturated heterocycles. The van der Waals surface area contributed by atoms with Gasteiger partial charge in [-0.15, -0.1) is 0 Å². The molecule has 0 fully saturated rings. The number of nitrogens with zero attached hydrogens (tertiary/aromatic N) is 4. The molecule has 3 atom stereocenters. The van der Waals surface area contributed by atoms with Crippen LogP contribution >= 0.6 is 0 Å². The molecule has 0 aliphatic carbocycles. The van der Waals surface area contributed by atoms with Crippen LogP contribution in [0, 0.1) is 11.7 Å². The van der Waals surface area contributed by atoms with Gasteiger partial charge in [-0.1, -0.05) is 31.2 Å². The van der Waals surface area contributed by atoms with Gasteiger partial charge in [-0.2, -0.15) is 4.31 Å². The number of hydrogen-bond donors (Lipinski definition) is 1. The van der Waals surface area contributed by atoms with Crippen molar-refractivity contribution in [1.29, 1.82) is 0 Å². The normalized spacial score (nSPS) is 20.7. The molecule has 1 aliphatic rings. The van der Waals surface area contributed by atoms with Crippen LogP contribution in [0.2, 0.25) is 0 Å². The van der Waals surface area contributed by atoms with E-state index in [9.17, 15) is 17.9 Å². The summed E-state index contributed by atoms with van der Waals surface area (Å²) >= 11 is 0. The van der Waals surface area contributed by atoms with Crippen molar-refractivity contribution in [3.8, 4) is 16.9 Å². The number of hydrogen-bond acceptors (Lipinski definition) is 7. The Morgan fingerprint density at radius 3 is 2.64 bits per heavy atom. The fourth-order valence-electron chi connectivity index (χ4n) is 4.40. The van der Waals surface area contributed by atoms with E-state index in [0.717, 1.165) is 5.56 Å². The number of aliphatic hydroxyl groups excluding tert-OH is 1. The maximum atomic E-state index is 14.5. The summed E-state index contributed by atoms with van der Waals surface area (Å²) in [6, 6.07) is 10.4. The third kappa shape index (κ3) is 5.57. The Kier molecular flexibility index (Phi) is 7.99. The average molecular weight is 515 g/mol. The maximum absolute atomic E-state index is 14.5. The third-order valence-corrected chi connectivity index (χ3v) is 8.43. The van der Waals surface area contributed by atoms with Crippen LogP contribution in [-0.2, 0) is 16.6 Å². The van der Waals surface area contributed by atoms with Crippen LogP contribution in [0.15, 0.2) is 66.1 Å². The smallest absolute Gasteiger partial charge is 0.247 e. The van der Waals surface area contributed by atoms with Crippen molar-refractivity contribution in [2.45, 2.75) is 37.4 Å². The molecule has 2 heterocycles. The zero-order valence-corrected chi connectivity index (χ0v) is 21.4. The molecule has 2 aromatic carbocycles. The molecule has 0 amide bonds. The number of benzene rings is 2. The summed E-state index contributed by atoms with van der Waals surface area (Å²) in [6.45, 7) is 4.57. The third-order valence-electron chi connectivity index (χ3n) is 6.41. The van der Waals surface area contributed by atoms with E-state index in [1.54, 1.807) is 49.6 Å². The van der Waals surface area contributed by atoms with Gasteiger partial charge in [0.1, 0.15) is 28.9 Å². The first kappa shape index (κ1) is 26.2. The predicted molar refractivity (Wildman–Crippen MR) is 134 cm³/mol. The summed E-state index contributed by atoms with van der Waals surface area (Å²) in [5, 5.41) is 9.82. The van der Waals surface area contributed by atoms with Gasteiger partial charge in [-0.3, -0.25) is 4.90 Å². The maximum Gasteiger partial charge on any atom is 0.247 e. The molecule has 0 unspecified atom stereocenters. The van der Waals surface area contributed by atoms with Gasteiger partial charge in [-0.25, -0.2) is 22.8 Å². The first-order valence-corrected chi connectivity index (χ1v) is 13.3. The second kappa shape index (κ2) is 11.0. The van der Waals surface area contributed by atoms with E-state index in [1.807, 2.05) is 14.0 Å². The number of aromatic nitrogens is 2. The van der Waals surface area contributed by atoms with E-state index in [1.165, 1.54) is 22.8 Å². The molecule has 1 aliphatic heterocycles. The summed E-state index contributed by atoms with van der Waals surface area (Å²) in [6.07, 6.45) is 4.60. The van der Waals surface area contributed by atoms with Crippen molar-refractivity contribution in [3.05, 3.63) is 72.6 Å². The minimum Gasteiger partial charge on any atom is -0.487 e. The van der Waals surface area contributed by atoms with Crippen LogP contribution < -0.4 is 4.74 Å². The van der Waals surface area contributed by atoms with Crippen LogP contribution in [0.25, 0.3) is 11.1 Å². The van der Waals surface area contributed by atoms with Crippen molar-refractivity contribution >= 4 is 10.0 Å². The topological polar surface area (TPSA) is 95.9 Å². The van der Waals surface area contributed by atoms with Crippen LogP contribution in [-0.4, -0.2) is 71.6 Å². The molecule has 1 N–H and O–H groups in total. The molecular weight excluding hydrogens is 483 g/mol. The van der Waals surface area contributed by atoms with Crippen LogP contribution in [0.3, 0.4) is 0 Å². The van der Waals surface area contributed by atoms with Gasteiger partial charge in [0.05, 0.1) is 6.61 Å². The standard InChI is InChI=1S/C26H31FN4O4S/c1-18-13-31(19(2)16-32)36(33,34)26-9-8-21(22-6-4-5-7-23(22)27)10-24(26)35-25(18)15-30(3)14-20-11-28-17-29-12-20/h4-12,17-19,25,32H,13-16H2,1-3H3/t18-,19+,25+/m0/s1. The van der Waals surface area contributed by atoms with Crippen LogP contribution in [0.4, 0.5) is 4.39 Å². The van der Waals surface area contributed by atoms with Crippen molar-refractivity contribution in [1.82, 2.24) is 19.2 Å². The Labute approximate surface area is 211 Å². The first-order valence-electron chi connectivity index (χ1n) is 11.8. The summed E-state index contributed by atoms with van der Waals surface area (Å²) in [5.41, 5.74) is 1.82. The average Bonchev–Trinajstić information content (AvgIpc) is 2.86. The molecule has 0 spiro atoms. The summed E-state index contributed by atoms with van der Waals surface area (Å²) in [5.74, 6) is -0.441. The Bertz CT molecular complexity index is 1290. The molecule has 1 aromatic heterocycles. The number of aliphatic hydroxyl groups is 1. The Morgan fingerprint density at radius 2 is 1.94 bits per heavy atom. The second-order valence-corrected chi connectivity index (χ2v) is 11.2. The summed E-state index contributed by atoms with van der Waals surface area (Å²) < 4.78 is 49.5. The fraction of sp³-hybridized carbons (Fsp3) is 0.385. The van der Waals surface area contributed by atoms with Crippen LogP contribution in [0.1, 0.15) is 19.4 Å². The number of fused-ring (bicyclic) bond motifs is 1. The molecule has 4 rings (SSSR count). The van der Waals surface area contributed by atoms with E-state index in [2.05, 4.69) is 14.9 Å². The molecule has 0 bridgehead atoms. The lowest BCUT2D eigenvalue weighted by atomic mass is 10.0. The zero-order valence-electron chi connectivity index (χ0n) is 20.6. The largest absolute Gasteiger partial charge is 0.487 e. The Hall–Kier alpha value is -2.92. The van der Waals surface area contributed by atoms with Crippen molar-refractivity contribution < 1.29 is 22.7 Å². The lowest BCUT2D eigenvalue weighted by molar-refractivity contribution is 0.0733. The lowest BCUT2D eigenvalue weighted by Crippen LogP contribution is -2.49. The van der Waals surface area contributed by atoms with E-state index >= 15 is 0 Å². The molecular formula is C26H31FN4O4S. The van der Waals surface area contributed by atoms with Crippen LogP contribution in [0.5, 0.6) is 5.75 Å². The first-order chi connectivity index (χ1) is 17.2. The SMILES string of the molecule is C[C@H](CO)N1C[C@H](C)[C@@H](CN(C)Cc2cncnc2)Oc2cc(-c3ccccc3F)ccc2S1(=O)=O. The van der Waals surface area contributed by atoms with Crippen molar-refractivity contribution in [2.75, 3.05) is 26.7 Å². The summed E-state index contributed by atoms with van der Waals surface area (Å²) in [7, 11) is -2.02. The molecule has 0 saturated carbocycles. The highest BCUT2D eigenvalue weighted by molar-refractivity contribution is 7.89. The van der Waals surface area contributed by atoms with E-state index in [-0.39, 0.29) is 35.8 Å². The van der Waals surface area contributed by atoms with Crippen molar-refractivity contribution in [2.24, 2.45) is 5.92 Å². The quantitative estimate of drug-likeness (QED) is 0.517. The highest BCUT2D eigenvalue weighted by Gasteiger charge is 2.38. The van der Waals surface area contributed by atoms with Gasteiger partial charge in [-0.05, 0) is 37.7 Å². The monoisotopic (exact) mass is 514 g/mol. The number of likely N-dealkylation sites (N-methyl/N-ethyl adjacent to an activating group) is 1. The highest BCUT2D eigenvalue weighted by atomic mass is 32.2. The molecule has 10 heteroatoms.